The third kappa shape index (κ3) is 3.12. The van der Waals surface area contributed by atoms with E-state index in [9.17, 15) is 0 Å². The van der Waals surface area contributed by atoms with Crippen molar-refractivity contribution < 1.29 is 0 Å². The predicted octanol–water partition coefficient (Wildman–Crippen LogP) is 4.06. The average Bonchev–Trinajstić information content (AvgIpc) is 2.88. The predicted molar refractivity (Wildman–Crippen MR) is 80.2 cm³/mol. The van der Waals surface area contributed by atoms with E-state index in [0.29, 0.717) is 5.56 Å². The van der Waals surface area contributed by atoms with Crippen molar-refractivity contribution in [3.05, 3.63) is 50.6 Å². The molecule has 0 saturated heterocycles. The SMILES string of the molecule is CN(CCc1cccs1)c1ccc(Br)cc1C#N. The Bertz CT molecular complexity index is 558. The fourth-order valence-electron chi connectivity index (χ4n) is 1.78. The molecule has 0 atom stereocenters. The number of anilines is 1. The second-order valence-corrected chi connectivity index (χ2v) is 5.97. The lowest BCUT2D eigenvalue weighted by molar-refractivity contribution is 0.886. The van der Waals surface area contributed by atoms with Gasteiger partial charge in [0.2, 0.25) is 0 Å². The van der Waals surface area contributed by atoms with E-state index in [-0.39, 0.29) is 0 Å². The molecule has 0 radical (unpaired) electrons. The maximum absolute atomic E-state index is 9.15. The first-order chi connectivity index (χ1) is 8.70. The van der Waals surface area contributed by atoms with Crippen molar-refractivity contribution >= 4 is 33.0 Å². The summed E-state index contributed by atoms with van der Waals surface area (Å²) in [4.78, 5) is 3.50. The molecule has 0 fully saturated rings. The molecule has 1 heterocycles. The average molecular weight is 321 g/mol. The highest BCUT2D eigenvalue weighted by molar-refractivity contribution is 9.10. The van der Waals surface area contributed by atoms with Gasteiger partial charge in [-0.25, -0.2) is 0 Å². The summed E-state index contributed by atoms with van der Waals surface area (Å²) in [5.41, 5.74) is 1.69. The molecule has 0 aliphatic carbocycles. The molecule has 2 aromatic rings. The van der Waals surface area contributed by atoms with Crippen molar-refractivity contribution in [1.29, 1.82) is 5.26 Å². The Kier molecular flexibility index (Phi) is 4.40. The van der Waals surface area contributed by atoms with E-state index in [2.05, 4.69) is 44.4 Å². The quantitative estimate of drug-likeness (QED) is 0.849. The fourth-order valence-corrected chi connectivity index (χ4v) is 2.84. The zero-order valence-electron chi connectivity index (χ0n) is 10.1. The summed E-state index contributed by atoms with van der Waals surface area (Å²) in [6.45, 7) is 0.914. The van der Waals surface area contributed by atoms with E-state index >= 15 is 0 Å². The van der Waals surface area contributed by atoms with Crippen LogP contribution >= 0.6 is 27.3 Å². The molecule has 18 heavy (non-hydrogen) atoms. The molecule has 0 bridgehead atoms. The topological polar surface area (TPSA) is 27.0 Å². The Hall–Kier alpha value is -1.31. The highest BCUT2D eigenvalue weighted by Gasteiger charge is 2.08. The number of hydrogen-bond acceptors (Lipinski definition) is 3. The summed E-state index contributed by atoms with van der Waals surface area (Å²) in [6.07, 6.45) is 1.01. The highest BCUT2D eigenvalue weighted by Crippen LogP contribution is 2.23. The molecule has 0 saturated carbocycles. The summed E-state index contributed by atoms with van der Waals surface area (Å²) in [6, 6.07) is 12.3. The van der Waals surface area contributed by atoms with Crippen LogP contribution in [0.3, 0.4) is 0 Å². The molecule has 1 aromatic carbocycles. The third-order valence-corrected chi connectivity index (χ3v) is 4.19. The monoisotopic (exact) mass is 320 g/mol. The van der Waals surface area contributed by atoms with Gasteiger partial charge in [0.15, 0.2) is 0 Å². The van der Waals surface area contributed by atoms with Crippen LogP contribution in [-0.2, 0) is 6.42 Å². The van der Waals surface area contributed by atoms with Gasteiger partial charge < -0.3 is 4.90 Å². The number of hydrogen-bond donors (Lipinski definition) is 0. The molecule has 2 rings (SSSR count). The lowest BCUT2D eigenvalue weighted by Crippen LogP contribution is -2.20. The number of halogens is 1. The van der Waals surface area contributed by atoms with Gasteiger partial charge in [-0.05, 0) is 36.1 Å². The number of thiophene rings is 1. The smallest absolute Gasteiger partial charge is 0.101 e. The van der Waals surface area contributed by atoms with Gasteiger partial charge in [-0.3, -0.25) is 0 Å². The van der Waals surface area contributed by atoms with Crippen LogP contribution in [-0.4, -0.2) is 13.6 Å². The Balaban J connectivity index is 2.09. The van der Waals surface area contributed by atoms with Gasteiger partial charge in [0, 0.05) is 22.9 Å². The van der Waals surface area contributed by atoms with Gasteiger partial charge >= 0.3 is 0 Å². The highest BCUT2D eigenvalue weighted by atomic mass is 79.9. The lowest BCUT2D eigenvalue weighted by atomic mass is 10.1. The van der Waals surface area contributed by atoms with Crippen molar-refractivity contribution in [3.63, 3.8) is 0 Å². The van der Waals surface area contributed by atoms with Crippen LogP contribution in [0.2, 0.25) is 0 Å². The molecule has 0 amide bonds. The Morgan fingerprint density at radius 3 is 2.89 bits per heavy atom. The minimum absolute atomic E-state index is 0.707. The van der Waals surface area contributed by atoms with E-state index in [1.54, 1.807) is 11.3 Å². The second-order valence-electron chi connectivity index (χ2n) is 4.02. The van der Waals surface area contributed by atoms with Gasteiger partial charge in [0.25, 0.3) is 0 Å². The minimum Gasteiger partial charge on any atom is -0.373 e. The Morgan fingerprint density at radius 2 is 2.22 bits per heavy atom. The van der Waals surface area contributed by atoms with Crippen LogP contribution in [0.25, 0.3) is 0 Å². The van der Waals surface area contributed by atoms with Crippen molar-refractivity contribution in [2.24, 2.45) is 0 Å². The van der Waals surface area contributed by atoms with Gasteiger partial charge in [-0.2, -0.15) is 5.26 Å². The molecule has 4 heteroatoms. The van der Waals surface area contributed by atoms with Crippen LogP contribution in [0.4, 0.5) is 5.69 Å². The summed E-state index contributed by atoms with van der Waals surface area (Å²) in [5.74, 6) is 0. The van der Waals surface area contributed by atoms with E-state index in [1.165, 1.54) is 4.88 Å². The van der Waals surface area contributed by atoms with Gasteiger partial charge in [0.1, 0.15) is 6.07 Å². The standard InChI is InChI=1S/C14H13BrN2S/c1-17(7-6-13-3-2-8-18-13)14-5-4-12(15)9-11(14)10-16/h2-5,8-9H,6-7H2,1H3. The first kappa shape index (κ1) is 13.1. The van der Waals surface area contributed by atoms with Gasteiger partial charge in [-0.1, -0.05) is 22.0 Å². The molecular weight excluding hydrogens is 308 g/mol. The molecule has 0 aliphatic heterocycles. The zero-order chi connectivity index (χ0) is 13.0. The summed E-state index contributed by atoms with van der Waals surface area (Å²) >= 11 is 5.16. The Labute approximate surface area is 120 Å². The second kappa shape index (κ2) is 6.03. The number of benzene rings is 1. The Morgan fingerprint density at radius 1 is 1.39 bits per heavy atom. The van der Waals surface area contributed by atoms with Crippen LogP contribution in [0.1, 0.15) is 10.4 Å². The number of rotatable bonds is 4. The van der Waals surface area contributed by atoms with Gasteiger partial charge in [0.05, 0.1) is 11.3 Å². The van der Waals surface area contributed by atoms with Crippen LogP contribution in [0, 0.1) is 11.3 Å². The van der Waals surface area contributed by atoms with Gasteiger partial charge in [-0.15, -0.1) is 11.3 Å². The number of nitriles is 1. The minimum atomic E-state index is 0.707. The molecule has 1 aromatic heterocycles. The largest absolute Gasteiger partial charge is 0.373 e. The molecule has 0 aliphatic rings. The maximum Gasteiger partial charge on any atom is 0.101 e. The van der Waals surface area contributed by atoms with Crippen molar-refractivity contribution in [2.75, 3.05) is 18.5 Å². The summed E-state index contributed by atoms with van der Waals surface area (Å²) in [7, 11) is 2.03. The lowest BCUT2D eigenvalue weighted by Gasteiger charge is -2.20. The molecular formula is C14H13BrN2S. The fraction of sp³-hybridized carbons (Fsp3) is 0.214. The molecule has 0 unspecified atom stereocenters. The van der Waals surface area contributed by atoms with E-state index in [0.717, 1.165) is 23.1 Å². The van der Waals surface area contributed by atoms with Crippen LogP contribution < -0.4 is 4.90 Å². The molecule has 2 nitrogen and oxygen atoms in total. The van der Waals surface area contributed by atoms with Crippen molar-refractivity contribution in [3.8, 4) is 6.07 Å². The normalized spacial score (nSPS) is 10.1. The number of nitrogens with zero attached hydrogens (tertiary/aromatic N) is 2. The first-order valence-corrected chi connectivity index (χ1v) is 7.31. The molecule has 0 spiro atoms. The van der Waals surface area contributed by atoms with E-state index in [4.69, 9.17) is 5.26 Å². The van der Waals surface area contributed by atoms with E-state index < -0.39 is 0 Å². The van der Waals surface area contributed by atoms with Crippen molar-refractivity contribution in [1.82, 2.24) is 0 Å². The summed E-state index contributed by atoms with van der Waals surface area (Å²) in [5, 5.41) is 11.2. The summed E-state index contributed by atoms with van der Waals surface area (Å²) < 4.78 is 0.939. The molecule has 0 N–H and O–H groups in total. The zero-order valence-corrected chi connectivity index (χ0v) is 12.5. The molecule has 92 valence electrons. The van der Waals surface area contributed by atoms with Crippen LogP contribution in [0.15, 0.2) is 40.2 Å². The van der Waals surface area contributed by atoms with Crippen molar-refractivity contribution in [2.45, 2.75) is 6.42 Å². The van der Waals surface area contributed by atoms with E-state index in [1.807, 2.05) is 25.2 Å². The van der Waals surface area contributed by atoms with Crippen LogP contribution in [0.5, 0.6) is 0 Å². The third-order valence-electron chi connectivity index (χ3n) is 2.76. The first-order valence-electron chi connectivity index (χ1n) is 5.64. The maximum atomic E-state index is 9.15. The number of likely N-dealkylation sites (N-methyl/N-ethyl adjacent to an activating group) is 1.